The standard InChI is InChI=1S/C18H15ClF3N3O3S/c19-16-6-5-14(11-15(16)18(20,21)22)29(27,28)24-10-8-17(26)25-13-3-1-12(2-4-13)7-9-23/h1-6,11,24H,7-8,10H2,(H,25,26). The third kappa shape index (κ3) is 6.45. The topological polar surface area (TPSA) is 99.1 Å². The van der Waals surface area contributed by atoms with Crippen molar-refractivity contribution in [3.05, 3.63) is 58.6 Å². The van der Waals surface area contributed by atoms with Gasteiger partial charge < -0.3 is 5.32 Å². The van der Waals surface area contributed by atoms with Gasteiger partial charge in [0.1, 0.15) is 0 Å². The van der Waals surface area contributed by atoms with Gasteiger partial charge in [-0.15, -0.1) is 0 Å². The van der Waals surface area contributed by atoms with E-state index in [-0.39, 0.29) is 19.4 Å². The lowest BCUT2D eigenvalue weighted by atomic mass is 10.1. The molecule has 0 heterocycles. The van der Waals surface area contributed by atoms with Gasteiger partial charge in [-0.25, -0.2) is 13.1 Å². The van der Waals surface area contributed by atoms with Gasteiger partial charge in [0.05, 0.1) is 28.0 Å². The minimum absolute atomic E-state index is 0.233. The van der Waals surface area contributed by atoms with Crippen molar-refractivity contribution in [1.82, 2.24) is 4.72 Å². The van der Waals surface area contributed by atoms with Crippen molar-refractivity contribution >= 4 is 33.2 Å². The van der Waals surface area contributed by atoms with Crippen LogP contribution < -0.4 is 10.0 Å². The number of amides is 1. The van der Waals surface area contributed by atoms with Crippen LogP contribution in [0.1, 0.15) is 17.5 Å². The second kappa shape index (κ2) is 9.26. The molecule has 0 aromatic heterocycles. The molecule has 6 nitrogen and oxygen atoms in total. The smallest absolute Gasteiger partial charge is 0.326 e. The lowest BCUT2D eigenvalue weighted by Crippen LogP contribution is -2.28. The van der Waals surface area contributed by atoms with Gasteiger partial charge in [-0.3, -0.25) is 4.79 Å². The Bertz CT molecular complexity index is 1030. The highest BCUT2D eigenvalue weighted by Gasteiger charge is 2.34. The van der Waals surface area contributed by atoms with Gasteiger partial charge in [0.2, 0.25) is 15.9 Å². The summed E-state index contributed by atoms with van der Waals surface area (Å²) in [5.74, 6) is -0.493. The Balaban J connectivity index is 1.95. The fourth-order valence-corrected chi connectivity index (χ4v) is 3.57. The molecule has 0 saturated carbocycles. The van der Waals surface area contributed by atoms with Gasteiger partial charge in [-0.2, -0.15) is 18.4 Å². The molecule has 0 aliphatic carbocycles. The number of sulfonamides is 1. The van der Waals surface area contributed by atoms with Gasteiger partial charge in [0.15, 0.2) is 0 Å². The molecule has 0 fully saturated rings. The maximum atomic E-state index is 12.9. The Morgan fingerprint density at radius 3 is 2.38 bits per heavy atom. The molecular formula is C18H15ClF3N3O3S. The number of halogens is 4. The van der Waals surface area contributed by atoms with Crippen LogP contribution in [0.3, 0.4) is 0 Å². The highest BCUT2D eigenvalue weighted by atomic mass is 35.5. The fourth-order valence-electron chi connectivity index (χ4n) is 2.29. The highest BCUT2D eigenvalue weighted by molar-refractivity contribution is 7.89. The van der Waals surface area contributed by atoms with E-state index < -0.39 is 37.6 Å². The van der Waals surface area contributed by atoms with Crippen LogP contribution in [-0.4, -0.2) is 20.9 Å². The van der Waals surface area contributed by atoms with Crippen molar-refractivity contribution in [3.63, 3.8) is 0 Å². The van der Waals surface area contributed by atoms with Crippen LogP contribution in [0, 0.1) is 11.3 Å². The minimum Gasteiger partial charge on any atom is -0.326 e. The average Bonchev–Trinajstić information content (AvgIpc) is 2.62. The monoisotopic (exact) mass is 445 g/mol. The highest BCUT2D eigenvalue weighted by Crippen LogP contribution is 2.35. The number of hydrogen-bond acceptors (Lipinski definition) is 4. The zero-order valence-corrected chi connectivity index (χ0v) is 16.3. The number of anilines is 1. The fraction of sp³-hybridized carbons (Fsp3) is 0.222. The summed E-state index contributed by atoms with van der Waals surface area (Å²) < 4.78 is 65.1. The van der Waals surface area contributed by atoms with Crippen LogP contribution in [0.25, 0.3) is 0 Å². The van der Waals surface area contributed by atoms with Crippen molar-refractivity contribution in [2.75, 3.05) is 11.9 Å². The largest absolute Gasteiger partial charge is 0.417 e. The van der Waals surface area contributed by atoms with Crippen LogP contribution in [-0.2, 0) is 27.4 Å². The summed E-state index contributed by atoms with van der Waals surface area (Å²) in [6.07, 6.45) is -4.80. The molecule has 11 heteroatoms. The van der Waals surface area contributed by atoms with Gasteiger partial charge in [0.25, 0.3) is 0 Å². The molecule has 29 heavy (non-hydrogen) atoms. The Kier molecular flexibility index (Phi) is 7.24. The molecule has 0 radical (unpaired) electrons. The molecule has 2 aromatic rings. The minimum atomic E-state index is -4.80. The Labute approximate surface area is 170 Å². The number of carbonyl (C=O) groups is 1. The maximum Gasteiger partial charge on any atom is 0.417 e. The van der Waals surface area contributed by atoms with Crippen LogP contribution >= 0.6 is 11.6 Å². The zero-order chi connectivity index (χ0) is 21.7. The third-order valence-corrected chi connectivity index (χ3v) is 5.51. The first-order chi connectivity index (χ1) is 13.5. The van der Waals surface area contributed by atoms with E-state index in [0.717, 1.165) is 17.7 Å². The van der Waals surface area contributed by atoms with Crippen molar-refractivity contribution in [2.24, 2.45) is 0 Å². The van der Waals surface area contributed by atoms with Crippen LogP contribution in [0.2, 0.25) is 5.02 Å². The zero-order valence-electron chi connectivity index (χ0n) is 14.8. The van der Waals surface area contributed by atoms with Gasteiger partial charge >= 0.3 is 6.18 Å². The first-order valence-electron chi connectivity index (χ1n) is 8.15. The number of benzene rings is 2. The van der Waals surface area contributed by atoms with Crippen molar-refractivity contribution in [3.8, 4) is 6.07 Å². The predicted molar refractivity (Wildman–Crippen MR) is 101 cm³/mol. The second-order valence-corrected chi connectivity index (χ2v) is 8.04. The maximum absolute atomic E-state index is 12.9. The van der Waals surface area contributed by atoms with E-state index in [1.165, 1.54) is 0 Å². The number of nitrogens with one attached hydrogen (secondary N) is 2. The van der Waals surface area contributed by atoms with E-state index in [2.05, 4.69) is 10.0 Å². The van der Waals surface area contributed by atoms with Gasteiger partial charge in [-0.05, 0) is 35.9 Å². The van der Waals surface area contributed by atoms with E-state index in [1.54, 1.807) is 24.3 Å². The number of carbonyl (C=O) groups excluding carboxylic acids is 1. The van der Waals surface area contributed by atoms with Crippen molar-refractivity contribution in [1.29, 1.82) is 5.26 Å². The molecule has 0 unspecified atom stereocenters. The third-order valence-electron chi connectivity index (χ3n) is 3.72. The summed E-state index contributed by atoms with van der Waals surface area (Å²) in [4.78, 5) is 11.3. The van der Waals surface area contributed by atoms with E-state index in [0.29, 0.717) is 11.8 Å². The first kappa shape index (κ1) is 22.7. The van der Waals surface area contributed by atoms with E-state index >= 15 is 0 Å². The SMILES string of the molecule is N#CCc1ccc(NC(=O)CCNS(=O)(=O)c2ccc(Cl)c(C(F)(F)F)c2)cc1. The van der Waals surface area contributed by atoms with Crippen LogP contribution in [0.5, 0.6) is 0 Å². The first-order valence-corrected chi connectivity index (χ1v) is 10.0. The summed E-state index contributed by atoms with van der Waals surface area (Å²) in [6, 6.07) is 10.8. The molecule has 0 aliphatic rings. The summed E-state index contributed by atoms with van der Waals surface area (Å²) in [5.41, 5.74) is -0.0221. The van der Waals surface area contributed by atoms with Crippen molar-refractivity contribution in [2.45, 2.75) is 23.9 Å². The van der Waals surface area contributed by atoms with E-state index in [1.807, 2.05) is 6.07 Å². The summed E-state index contributed by atoms with van der Waals surface area (Å²) in [5, 5.41) is 10.5. The molecule has 1 amide bonds. The molecule has 2 rings (SSSR count). The summed E-state index contributed by atoms with van der Waals surface area (Å²) in [7, 11) is -4.26. The van der Waals surface area contributed by atoms with E-state index in [4.69, 9.17) is 16.9 Å². The second-order valence-electron chi connectivity index (χ2n) is 5.87. The summed E-state index contributed by atoms with van der Waals surface area (Å²) >= 11 is 5.48. The van der Waals surface area contributed by atoms with Crippen LogP contribution in [0.4, 0.5) is 18.9 Å². The quantitative estimate of drug-likeness (QED) is 0.678. The molecule has 2 aromatic carbocycles. The predicted octanol–water partition coefficient (Wildman–Crippen LogP) is 3.73. The Morgan fingerprint density at radius 2 is 1.79 bits per heavy atom. The molecule has 2 N–H and O–H groups in total. The number of rotatable bonds is 7. The molecule has 154 valence electrons. The van der Waals surface area contributed by atoms with Crippen LogP contribution in [0.15, 0.2) is 47.4 Å². The molecule has 0 bridgehead atoms. The Morgan fingerprint density at radius 1 is 1.14 bits per heavy atom. The molecule has 0 aliphatic heterocycles. The summed E-state index contributed by atoms with van der Waals surface area (Å²) in [6.45, 7) is -0.315. The van der Waals surface area contributed by atoms with E-state index in [9.17, 15) is 26.4 Å². The molecule has 0 atom stereocenters. The normalized spacial score (nSPS) is 11.7. The number of hydrogen-bond donors (Lipinski definition) is 2. The molecule has 0 saturated heterocycles. The Hall–Kier alpha value is -2.61. The molecular weight excluding hydrogens is 431 g/mol. The lowest BCUT2D eigenvalue weighted by Gasteiger charge is -2.12. The van der Waals surface area contributed by atoms with Gasteiger partial charge in [0, 0.05) is 18.7 Å². The van der Waals surface area contributed by atoms with Crippen molar-refractivity contribution < 1.29 is 26.4 Å². The van der Waals surface area contributed by atoms with Gasteiger partial charge in [-0.1, -0.05) is 23.7 Å². The average molecular weight is 446 g/mol. The number of alkyl halides is 3. The number of nitriles is 1. The lowest BCUT2D eigenvalue weighted by molar-refractivity contribution is -0.137. The molecule has 0 spiro atoms. The number of nitrogens with zero attached hydrogens (tertiary/aromatic N) is 1.